The number of ketones is 1. The number of aryl methyl sites for hydroxylation is 2. The van der Waals surface area contributed by atoms with Gasteiger partial charge in [0.25, 0.3) is 11.7 Å². The number of carbonyl (C=O) groups excluding carboxylic acids is 2. The molecule has 0 saturated carbocycles. The molecule has 0 radical (unpaired) electrons. The topological polar surface area (TPSA) is 60.9 Å². The van der Waals surface area contributed by atoms with E-state index in [9.17, 15) is 14.7 Å². The van der Waals surface area contributed by atoms with Gasteiger partial charge in [0.2, 0.25) is 0 Å². The number of rotatable bonds is 6. The summed E-state index contributed by atoms with van der Waals surface area (Å²) in [5.41, 5.74) is 4.60. The summed E-state index contributed by atoms with van der Waals surface area (Å²) in [5, 5.41) is 11.9. The number of hydrogen-bond acceptors (Lipinski definition) is 4. The van der Waals surface area contributed by atoms with Gasteiger partial charge >= 0.3 is 0 Å². The molecule has 36 heavy (non-hydrogen) atoms. The predicted molar refractivity (Wildman–Crippen MR) is 147 cm³/mol. The minimum absolute atomic E-state index is 0.00753. The van der Waals surface area contributed by atoms with Crippen molar-refractivity contribution < 1.29 is 14.7 Å². The van der Waals surface area contributed by atoms with Crippen LogP contribution >= 0.6 is 23.2 Å². The van der Waals surface area contributed by atoms with Gasteiger partial charge in [-0.25, -0.2) is 0 Å². The van der Waals surface area contributed by atoms with Crippen LogP contribution in [0.4, 0.5) is 11.4 Å². The molecule has 3 aromatic rings. The van der Waals surface area contributed by atoms with Crippen molar-refractivity contribution in [3.05, 3.63) is 98.5 Å². The molecule has 7 heteroatoms. The zero-order valence-corrected chi connectivity index (χ0v) is 22.2. The molecule has 1 atom stereocenters. The molecule has 186 valence electrons. The van der Waals surface area contributed by atoms with E-state index in [1.165, 1.54) is 11.0 Å². The number of carbonyl (C=O) groups is 2. The summed E-state index contributed by atoms with van der Waals surface area (Å²) in [6.45, 7) is 9.77. The van der Waals surface area contributed by atoms with Gasteiger partial charge < -0.3 is 10.0 Å². The first-order chi connectivity index (χ1) is 17.2. The molecule has 1 fully saturated rings. The summed E-state index contributed by atoms with van der Waals surface area (Å²) in [5.74, 6) is -1.74. The number of halogens is 2. The van der Waals surface area contributed by atoms with Crippen LogP contribution in [0.2, 0.25) is 10.0 Å². The summed E-state index contributed by atoms with van der Waals surface area (Å²) in [6, 6.07) is 17.3. The van der Waals surface area contributed by atoms with E-state index in [4.69, 9.17) is 23.2 Å². The molecule has 0 spiro atoms. The maximum atomic E-state index is 13.4. The fourth-order valence-corrected chi connectivity index (χ4v) is 5.06. The highest BCUT2D eigenvalue weighted by Gasteiger charge is 2.47. The summed E-state index contributed by atoms with van der Waals surface area (Å²) in [7, 11) is 0. The van der Waals surface area contributed by atoms with Crippen molar-refractivity contribution in [1.82, 2.24) is 0 Å². The highest BCUT2D eigenvalue weighted by atomic mass is 35.5. The number of benzene rings is 3. The summed E-state index contributed by atoms with van der Waals surface area (Å²) in [4.78, 5) is 30.5. The quantitative estimate of drug-likeness (QED) is 0.213. The molecule has 1 unspecified atom stereocenters. The van der Waals surface area contributed by atoms with Crippen molar-refractivity contribution in [3.8, 4) is 0 Å². The zero-order chi connectivity index (χ0) is 26.1. The van der Waals surface area contributed by atoms with E-state index >= 15 is 0 Å². The van der Waals surface area contributed by atoms with Crippen LogP contribution in [-0.4, -0.2) is 29.9 Å². The zero-order valence-electron chi connectivity index (χ0n) is 20.7. The Kier molecular flexibility index (Phi) is 7.43. The molecule has 1 amide bonds. The van der Waals surface area contributed by atoms with E-state index in [0.717, 1.165) is 29.9 Å². The smallest absolute Gasteiger partial charge is 0.300 e. The van der Waals surface area contributed by atoms with Crippen molar-refractivity contribution in [2.45, 2.75) is 33.7 Å². The Bertz CT molecular complexity index is 1340. The minimum atomic E-state index is -0.814. The van der Waals surface area contributed by atoms with Gasteiger partial charge in [-0.15, -0.1) is 0 Å². The van der Waals surface area contributed by atoms with Crippen LogP contribution in [0.3, 0.4) is 0 Å². The maximum absolute atomic E-state index is 13.4. The standard InChI is InChI=1S/C29H28Cl2N2O3/c1-5-32(6-2)21-10-7-19(8-11-21)26-25(27(34)20-9-12-23(30)24(31)16-20)28(35)29(36)33(26)22-14-17(3)13-18(4)15-22/h7-16,26,34H,5-6H2,1-4H3/b27-25-. The number of nitrogens with zero attached hydrogens (tertiary/aromatic N) is 2. The van der Waals surface area contributed by atoms with Crippen LogP contribution in [0.15, 0.2) is 66.2 Å². The number of aliphatic hydroxyl groups excluding tert-OH is 1. The van der Waals surface area contributed by atoms with E-state index < -0.39 is 17.7 Å². The number of anilines is 2. The first kappa shape index (κ1) is 25.8. The van der Waals surface area contributed by atoms with Crippen LogP contribution in [0.5, 0.6) is 0 Å². The third kappa shape index (κ3) is 4.73. The lowest BCUT2D eigenvalue weighted by Gasteiger charge is -2.27. The minimum Gasteiger partial charge on any atom is -0.507 e. The van der Waals surface area contributed by atoms with Gasteiger partial charge in [0, 0.05) is 30.0 Å². The maximum Gasteiger partial charge on any atom is 0.300 e. The Balaban J connectivity index is 1.93. The number of hydrogen-bond donors (Lipinski definition) is 1. The van der Waals surface area contributed by atoms with E-state index in [0.29, 0.717) is 21.8 Å². The Morgan fingerprint density at radius 2 is 1.50 bits per heavy atom. The molecular weight excluding hydrogens is 495 g/mol. The normalized spacial score (nSPS) is 17.1. The molecule has 4 rings (SSSR count). The van der Waals surface area contributed by atoms with Crippen molar-refractivity contribution in [2.75, 3.05) is 22.9 Å². The van der Waals surface area contributed by atoms with Crippen LogP contribution in [0, 0.1) is 13.8 Å². The van der Waals surface area contributed by atoms with Gasteiger partial charge in [-0.2, -0.15) is 0 Å². The molecule has 1 saturated heterocycles. The largest absolute Gasteiger partial charge is 0.507 e. The van der Waals surface area contributed by atoms with E-state index in [1.54, 1.807) is 12.1 Å². The first-order valence-corrected chi connectivity index (χ1v) is 12.6. The second-order valence-corrected chi connectivity index (χ2v) is 9.72. The summed E-state index contributed by atoms with van der Waals surface area (Å²) in [6.07, 6.45) is 0. The van der Waals surface area contributed by atoms with Gasteiger partial charge in [0.15, 0.2) is 0 Å². The summed E-state index contributed by atoms with van der Waals surface area (Å²) < 4.78 is 0. The van der Waals surface area contributed by atoms with Gasteiger partial charge in [-0.05, 0) is 86.8 Å². The Morgan fingerprint density at radius 1 is 0.889 bits per heavy atom. The average molecular weight is 523 g/mol. The van der Waals surface area contributed by atoms with E-state index in [2.05, 4.69) is 18.7 Å². The lowest BCUT2D eigenvalue weighted by Crippen LogP contribution is -2.29. The Morgan fingerprint density at radius 3 is 2.06 bits per heavy atom. The fraction of sp³-hybridized carbons (Fsp3) is 0.241. The second-order valence-electron chi connectivity index (χ2n) is 8.91. The third-order valence-corrected chi connectivity index (χ3v) is 7.20. The number of Topliss-reactive ketones (excluding diaryl/α,β-unsaturated/α-hetero) is 1. The van der Waals surface area contributed by atoms with Gasteiger partial charge in [-0.3, -0.25) is 14.5 Å². The second kappa shape index (κ2) is 10.4. The lowest BCUT2D eigenvalue weighted by molar-refractivity contribution is -0.132. The monoisotopic (exact) mass is 522 g/mol. The average Bonchev–Trinajstić information content (AvgIpc) is 3.11. The third-order valence-electron chi connectivity index (χ3n) is 6.46. The van der Waals surface area contributed by atoms with Gasteiger partial charge in [0.05, 0.1) is 21.7 Å². The van der Waals surface area contributed by atoms with Crippen molar-refractivity contribution in [1.29, 1.82) is 0 Å². The molecule has 0 aromatic heterocycles. The highest BCUT2D eigenvalue weighted by Crippen LogP contribution is 2.43. The van der Waals surface area contributed by atoms with E-state index in [-0.39, 0.29) is 16.4 Å². The fourth-order valence-electron chi connectivity index (χ4n) is 4.76. The summed E-state index contributed by atoms with van der Waals surface area (Å²) >= 11 is 12.2. The number of aliphatic hydroxyl groups is 1. The van der Waals surface area contributed by atoms with Crippen LogP contribution < -0.4 is 9.80 Å². The Hall–Kier alpha value is -3.28. The van der Waals surface area contributed by atoms with Crippen LogP contribution in [-0.2, 0) is 9.59 Å². The molecule has 3 aromatic carbocycles. The van der Waals surface area contributed by atoms with Gasteiger partial charge in [-0.1, -0.05) is 41.4 Å². The van der Waals surface area contributed by atoms with Crippen LogP contribution in [0.25, 0.3) is 5.76 Å². The van der Waals surface area contributed by atoms with E-state index in [1.807, 2.05) is 56.3 Å². The van der Waals surface area contributed by atoms with Gasteiger partial charge in [0.1, 0.15) is 5.76 Å². The molecule has 1 aliphatic rings. The van der Waals surface area contributed by atoms with Crippen molar-refractivity contribution in [2.24, 2.45) is 0 Å². The highest BCUT2D eigenvalue weighted by molar-refractivity contribution is 6.51. The molecule has 1 aliphatic heterocycles. The Labute approximate surface area is 221 Å². The van der Waals surface area contributed by atoms with Crippen molar-refractivity contribution in [3.63, 3.8) is 0 Å². The molecule has 1 N–H and O–H groups in total. The number of amides is 1. The van der Waals surface area contributed by atoms with Crippen molar-refractivity contribution >= 4 is 52.0 Å². The molecule has 5 nitrogen and oxygen atoms in total. The molecular formula is C29H28Cl2N2O3. The molecule has 0 aliphatic carbocycles. The molecule has 1 heterocycles. The van der Waals surface area contributed by atoms with Crippen LogP contribution in [0.1, 0.15) is 42.1 Å². The molecule has 0 bridgehead atoms. The SMILES string of the molecule is CCN(CC)c1ccc(C2/C(=C(/O)c3ccc(Cl)c(Cl)c3)C(=O)C(=O)N2c2cc(C)cc(C)c2)cc1. The lowest BCUT2D eigenvalue weighted by atomic mass is 9.94. The first-order valence-electron chi connectivity index (χ1n) is 11.9. The predicted octanol–water partition coefficient (Wildman–Crippen LogP) is 7.08.